The number of hydrogen-bond donors (Lipinski definition) is 1. The second kappa shape index (κ2) is 9.53. The number of carbonyl (C=O) groups is 1. The van der Waals surface area contributed by atoms with Crippen LogP contribution in [0, 0.1) is 0 Å². The summed E-state index contributed by atoms with van der Waals surface area (Å²) in [4.78, 5) is 14.7. The van der Waals surface area contributed by atoms with Gasteiger partial charge in [0.25, 0.3) is 0 Å². The number of esters is 1. The molecular formula is C19H39BN2O4. The largest absolute Gasteiger partial charge is 0.465 e. The Balaban J connectivity index is 2.63. The van der Waals surface area contributed by atoms with Gasteiger partial charge in [0.05, 0.1) is 17.8 Å². The molecule has 1 unspecified atom stereocenters. The smallest absolute Gasteiger partial charge is 0.457 e. The van der Waals surface area contributed by atoms with Gasteiger partial charge in [-0.25, -0.2) is 0 Å². The highest BCUT2D eigenvalue weighted by atomic mass is 16.7. The molecule has 7 heteroatoms. The van der Waals surface area contributed by atoms with Gasteiger partial charge in [0.1, 0.15) is 5.54 Å². The van der Waals surface area contributed by atoms with Gasteiger partial charge in [0, 0.05) is 0 Å². The Hall–Kier alpha value is -0.625. The van der Waals surface area contributed by atoms with Crippen molar-refractivity contribution in [3.8, 4) is 0 Å². The fourth-order valence-corrected chi connectivity index (χ4v) is 3.43. The molecule has 1 fully saturated rings. The summed E-state index contributed by atoms with van der Waals surface area (Å²) in [6, 6.07) is 0. The summed E-state index contributed by atoms with van der Waals surface area (Å²) in [7, 11) is 3.71. The van der Waals surface area contributed by atoms with Crippen LogP contribution in [0.5, 0.6) is 0 Å². The van der Waals surface area contributed by atoms with Crippen LogP contribution in [0.15, 0.2) is 0 Å². The van der Waals surface area contributed by atoms with E-state index in [1.807, 2.05) is 25.9 Å². The molecule has 0 aromatic heterocycles. The summed E-state index contributed by atoms with van der Waals surface area (Å²) in [5.74, 6) is -0.144. The first kappa shape index (κ1) is 23.4. The first-order valence-electron chi connectivity index (χ1n) is 9.93. The van der Waals surface area contributed by atoms with E-state index in [1.165, 1.54) is 0 Å². The number of rotatable bonds is 11. The third kappa shape index (κ3) is 5.44. The first-order valence-corrected chi connectivity index (χ1v) is 9.93. The van der Waals surface area contributed by atoms with Gasteiger partial charge in [-0.1, -0.05) is 12.8 Å². The van der Waals surface area contributed by atoms with Gasteiger partial charge >= 0.3 is 13.1 Å². The minimum Gasteiger partial charge on any atom is -0.465 e. The molecule has 2 N–H and O–H groups in total. The molecule has 26 heavy (non-hydrogen) atoms. The van der Waals surface area contributed by atoms with Crippen molar-refractivity contribution in [3.05, 3.63) is 0 Å². The fraction of sp³-hybridized carbons (Fsp3) is 0.947. The van der Waals surface area contributed by atoms with E-state index < -0.39 is 5.54 Å². The molecule has 1 aliphatic rings. The maximum atomic E-state index is 12.7. The number of ether oxygens (including phenoxy) is 1. The third-order valence-electron chi connectivity index (χ3n) is 5.89. The zero-order valence-corrected chi connectivity index (χ0v) is 17.9. The topological polar surface area (TPSA) is 74.0 Å². The lowest BCUT2D eigenvalue weighted by molar-refractivity contribution is -0.157. The Morgan fingerprint density at radius 2 is 1.62 bits per heavy atom. The van der Waals surface area contributed by atoms with Crippen LogP contribution in [0.2, 0.25) is 6.32 Å². The molecule has 1 saturated heterocycles. The second-order valence-corrected chi connectivity index (χ2v) is 8.47. The third-order valence-corrected chi connectivity index (χ3v) is 5.89. The molecular weight excluding hydrogens is 331 g/mol. The highest BCUT2D eigenvalue weighted by Gasteiger charge is 2.50. The summed E-state index contributed by atoms with van der Waals surface area (Å²) in [5.41, 5.74) is 4.50. The lowest BCUT2D eigenvalue weighted by Crippen LogP contribution is -2.52. The van der Waals surface area contributed by atoms with E-state index in [9.17, 15) is 4.79 Å². The van der Waals surface area contributed by atoms with Crippen LogP contribution in [0.4, 0.5) is 0 Å². The number of unbranched alkanes of at least 4 members (excludes halogenated alkanes) is 1. The number of nitrogens with two attached hydrogens (primary N) is 1. The monoisotopic (exact) mass is 370 g/mol. The van der Waals surface area contributed by atoms with E-state index in [4.69, 9.17) is 19.8 Å². The highest BCUT2D eigenvalue weighted by molar-refractivity contribution is 6.45. The van der Waals surface area contributed by atoms with Crippen LogP contribution in [0.25, 0.3) is 0 Å². The molecule has 0 radical (unpaired) electrons. The summed E-state index contributed by atoms with van der Waals surface area (Å²) in [6.07, 6.45) is 4.94. The summed E-state index contributed by atoms with van der Waals surface area (Å²) in [5, 5.41) is 0. The predicted octanol–water partition coefficient (Wildman–Crippen LogP) is 2.85. The SMILES string of the molecule is CCOC(=O)C(CCCN)(CCCCB1OC(C)(C)C(C)(C)O1)N(C)C. The number of nitrogens with zero attached hydrogens (tertiary/aromatic N) is 1. The van der Waals surface area contributed by atoms with Crippen LogP contribution in [-0.4, -0.2) is 62.0 Å². The fourth-order valence-electron chi connectivity index (χ4n) is 3.43. The van der Waals surface area contributed by atoms with Gasteiger partial charge in [-0.3, -0.25) is 9.69 Å². The quantitative estimate of drug-likeness (QED) is 0.343. The average Bonchev–Trinajstić information content (AvgIpc) is 2.74. The molecule has 0 aliphatic carbocycles. The van der Waals surface area contributed by atoms with E-state index in [0.29, 0.717) is 19.6 Å². The van der Waals surface area contributed by atoms with Gasteiger partial charge in [-0.15, -0.1) is 0 Å². The van der Waals surface area contributed by atoms with Gasteiger partial charge in [-0.05, 0) is 80.8 Å². The van der Waals surface area contributed by atoms with Crippen molar-refractivity contribution in [2.75, 3.05) is 27.2 Å². The minimum atomic E-state index is -0.606. The number of carbonyl (C=O) groups excluding carboxylic acids is 1. The van der Waals surface area contributed by atoms with Gasteiger partial charge in [0.15, 0.2) is 0 Å². The Morgan fingerprint density at radius 3 is 2.08 bits per heavy atom. The Kier molecular flexibility index (Phi) is 8.59. The molecule has 0 spiro atoms. The first-order chi connectivity index (χ1) is 12.0. The van der Waals surface area contributed by atoms with Crippen molar-refractivity contribution in [2.24, 2.45) is 5.73 Å². The number of likely N-dealkylation sites (N-methyl/N-ethyl adjacent to an activating group) is 1. The maximum absolute atomic E-state index is 12.7. The zero-order valence-electron chi connectivity index (χ0n) is 17.9. The molecule has 1 rings (SSSR count). The van der Waals surface area contributed by atoms with Crippen molar-refractivity contribution in [3.63, 3.8) is 0 Å². The molecule has 1 heterocycles. The van der Waals surface area contributed by atoms with Gasteiger partial charge in [0.2, 0.25) is 0 Å². The molecule has 0 amide bonds. The Bertz CT molecular complexity index is 441. The standard InChI is InChI=1S/C19H39BN2O4/c1-8-24-16(23)19(22(6)7,13-11-15-21)12-9-10-14-20-25-17(2,3)18(4,5)26-20/h8-15,21H2,1-7H3. The summed E-state index contributed by atoms with van der Waals surface area (Å²) >= 11 is 0. The van der Waals surface area contributed by atoms with E-state index >= 15 is 0 Å². The average molecular weight is 370 g/mol. The van der Waals surface area contributed by atoms with Gasteiger partial charge in [-0.2, -0.15) is 0 Å². The van der Waals surface area contributed by atoms with Crippen molar-refractivity contribution < 1.29 is 18.8 Å². The second-order valence-electron chi connectivity index (χ2n) is 8.47. The Labute approximate surface area is 160 Å². The Morgan fingerprint density at radius 1 is 1.08 bits per heavy atom. The van der Waals surface area contributed by atoms with Crippen LogP contribution in [-0.2, 0) is 18.8 Å². The van der Waals surface area contributed by atoms with Crippen LogP contribution < -0.4 is 5.73 Å². The summed E-state index contributed by atoms with van der Waals surface area (Å²) in [6.45, 7) is 11.1. The predicted molar refractivity (Wildman–Crippen MR) is 106 cm³/mol. The minimum absolute atomic E-state index is 0.144. The molecule has 0 aromatic carbocycles. The molecule has 6 nitrogen and oxygen atoms in total. The van der Waals surface area contributed by atoms with Crippen LogP contribution >= 0.6 is 0 Å². The highest BCUT2D eigenvalue weighted by Crippen LogP contribution is 2.38. The van der Waals surface area contributed by atoms with E-state index in [1.54, 1.807) is 0 Å². The summed E-state index contributed by atoms with van der Waals surface area (Å²) < 4.78 is 17.5. The lowest BCUT2D eigenvalue weighted by Gasteiger charge is -2.37. The molecule has 152 valence electrons. The molecule has 1 atom stereocenters. The van der Waals surface area contributed by atoms with Crippen molar-refractivity contribution in [1.82, 2.24) is 4.90 Å². The van der Waals surface area contributed by atoms with Crippen molar-refractivity contribution in [2.45, 2.75) is 89.8 Å². The van der Waals surface area contributed by atoms with Crippen LogP contribution in [0.1, 0.15) is 66.7 Å². The van der Waals surface area contributed by atoms with E-state index in [2.05, 4.69) is 27.7 Å². The number of hydrogen-bond acceptors (Lipinski definition) is 6. The van der Waals surface area contributed by atoms with E-state index in [0.717, 1.165) is 32.0 Å². The van der Waals surface area contributed by atoms with Crippen LogP contribution in [0.3, 0.4) is 0 Å². The molecule has 0 bridgehead atoms. The zero-order chi connectivity index (χ0) is 20.0. The normalized spacial score (nSPS) is 21.0. The van der Waals surface area contributed by atoms with E-state index in [-0.39, 0.29) is 24.3 Å². The molecule has 1 aliphatic heterocycles. The van der Waals surface area contributed by atoms with Crippen molar-refractivity contribution >= 4 is 13.1 Å². The molecule has 0 saturated carbocycles. The van der Waals surface area contributed by atoms with Crippen molar-refractivity contribution in [1.29, 1.82) is 0 Å². The lowest BCUT2D eigenvalue weighted by atomic mass is 9.79. The van der Waals surface area contributed by atoms with Gasteiger partial charge < -0.3 is 19.8 Å². The maximum Gasteiger partial charge on any atom is 0.457 e. The molecule has 0 aromatic rings.